The number of rotatable bonds is 11. The number of aryl methyl sites for hydroxylation is 2. The number of anilines is 1. The number of amides is 2. The van der Waals surface area contributed by atoms with Crippen LogP contribution in [-0.2, 0) is 26.2 Å². The van der Waals surface area contributed by atoms with Gasteiger partial charge in [0.2, 0.25) is 21.8 Å². The lowest BCUT2D eigenvalue weighted by molar-refractivity contribution is -0.142. The molecule has 36 heavy (non-hydrogen) atoms. The maximum absolute atomic E-state index is 13.5. The van der Waals surface area contributed by atoms with Crippen molar-refractivity contribution in [1.29, 1.82) is 0 Å². The van der Waals surface area contributed by atoms with Crippen molar-refractivity contribution < 1.29 is 18.0 Å². The van der Waals surface area contributed by atoms with Gasteiger partial charge in [0.05, 0.1) is 11.9 Å². The fourth-order valence-corrected chi connectivity index (χ4v) is 5.20. The molecule has 0 aliphatic heterocycles. The van der Waals surface area contributed by atoms with Crippen molar-refractivity contribution in [3.63, 3.8) is 0 Å². The van der Waals surface area contributed by atoms with E-state index < -0.39 is 21.6 Å². The molecule has 0 aliphatic carbocycles. The molecular formula is C28H41N3O4S. The molecular weight excluding hydrogens is 474 g/mol. The lowest BCUT2D eigenvalue weighted by Gasteiger charge is -2.33. The Morgan fingerprint density at radius 1 is 1.00 bits per heavy atom. The molecule has 0 aromatic heterocycles. The maximum atomic E-state index is 13.5. The molecule has 0 saturated carbocycles. The second-order valence-corrected chi connectivity index (χ2v) is 12.4. The molecule has 0 radical (unpaired) electrons. The van der Waals surface area contributed by atoms with Crippen molar-refractivity contribution in [2.24, 2.45) is 0 Å². The van der Waals surface area contributed by atoms with Crippen LogP contribution in [0.4, 0.5) is 5.69 Å². The fourth-order valence-electron chi connectivity index (χ4n) is 4.25. The van der Waals surface area contributed by atoms with Crippen molar-refractivity contribution in [3.05, 3.63) is 65.2 Å². The van der Waals surface area contributed by atoms with E-state index in [-0.39, 0.29) is 24.8 Å². The summed E-state index contributed by atoms with van der Waals surface area (Å²) in [5.74, 6) is -0.370. The van der Waals surface area contributed by atoms with E-state index in [2.05, 4.69) is 5.32 Å². The zero-order valence-corrected chi connectivity index (χ0v) is 23.5. The van der Waals surface area contributed by atoms with E-state index in [1.807, 2.05) is 90.1 Å². The smallest absolute Gasteiger partial charge is 0.243 e. The summed E-state index contributed by atoms with van der Waals surface area (Å²) < 4.78 is 26.5. The van der Waals surface area contributed by atoms with Gasteiger partial charge < -0.3 is 10.2 Å². The Hall–Kier alpha value is -2.87. The molecule has 7 nitrogen and oxygen atoms in total. The van der Waals surface area contributed by atoms with Crippen LogP contribution in [0.3, 0.4) is 0 Å². The van der Waals surface area contributed by atoms with Gasteiger partial charge in [-0.15, -0.1) is 0 Å². The standard InChI is InChI=1S/C28H41N3O4S/c1-8-25(27(33)29-28(4,5)6)30(20-23-13-10-9-11-14-23)26(32)15-12-16-31(36(7,34)35)24-18-21(2)17-22(3)19-24/h9-11,13-14,17-19,25H,8,12,15-16,20H2,1-7H3,(H,29,33)/t25-/m0/s1. The molecule has 2 amide bonds. The molecule has 2 aromatic carbocycles. The molecule has 8 heteroatoms. The van der Waals surface area contributed by atoms with E-state index in [9.17, 15) is 18.0 Å². The molecule has 0 saturated heterocycles. The zero-order chi connectivity index (χ0) is 27.1. The largest absolute Gasteiger partial charge is 0.350 e. The molecule has 0 unspecified atom stereocenters. The molecule has 0 spiro atoms. The predicted molar refractivity (Wildman–Crippen MR) is 146 cm³/mol. The highest BCUT2D eigenvalue weighted by Gasteiger charge is 2.30. The van der Waals surface area contributed by atoms with Crippen LogP contribution in [0, 0.1) is 13.8 Å². The highest BCUT2D eigenvalue weighted by atomic mass is 32.2. The average Bonchev–Trinajstić information content (AvgIpc) is 2.74. The Bertz CT molecular complexity index is 1120. The Morgan fingerprint density at radius 3 is 2.08 bits per heavy atom. The Morgan fingerprint density at radius 2 is 1.58 bits per heavy atom. The highest BCUT2D eigenvalue weighted by molar-refractivity contribution is 7.92. The minimum Gasteiger partial charge on any atom is -0.350 e. The molecule has 198 valence electrons. The number of carbonyl (C=O) groups is 2. The quantitative estimate of drug-likeness (QED) is 0.475. The lowest BCUT2D eigenvalue weighted by Crippen LogP contribution is -2.53. The molecule has 1 N–H and O–H groups in total. The monoisotopic (exact) mass is 515 g/mol. The maximum Gasteiger partial charge on any atom is 0.243 e. The van der Waals surface area contributed by atoms with Crippen LogP contribution in [0.1, 0.15) is 63.6 Å². The summed E-state index contributed by atoms with van der Waals surface area (Å²) in [7, 11) is -3.53. The first-order valence-electron chi connectivity index (χ1n) is 12.4. The van der Waals surface area contributed by atoms with Crippen LogP contribution in [0.15, 0.2) is 48.5 Å². The summed E-state index contributed by atoms with van der Waals surface area (Å²) in [5.41, 5.74) is 3.05. The summed E-state index contributed by atoms with van der Waals surface area (Å²) in [5, 5.41) is 3.00. The first-order chi connectivity index (χ1) is 16.7. The van der Waals surface area contributed by atoms with E-state index in [0.29, 0.717) is 25.1 Å². The van der Waals surface area contributed by atoms with E-state index in [4.69, 9.17) is 0 Å². The topological polar surface area (TPSA) is 86.8 Å². The van der Waals surface area contributed by atoms with Crippen LogP contribution in [0.2, 0.25) is 0 Å². The highest BCUT2D eigenvalue weighted by Crippen LogP contribution is 2.22. The molecule has 0 heterocycles. The van der Waals surface area contributed by atoms with Crippen LogP contribution < -0.4 is 9.62 Å². The number of nitrogens with one attached hydrogen (secondary N) is 1. The van der Waals surface area contributed by atoms with E-state index >= 15 is 0 Å². The van der Waals surface area contributed by atoms with Gasteiger partial charge >= 0.3 is 0 Å². The zero-order valence-electron chi connectivity index (χ0n) is 22.7. The number of benzene rings is 2. The predicted octanol–water partition coefficient (Wildman–Crippen LogP) is 4.57. The second kappa shape index (κ2) is 12.4. The SMILES string of the molecule is CC[C@@H](C(=O)NC(C)(C)C)N(Cc1ccccc1)C(=O)CCCN(c1cc(C)cc(C)c1)S(C)(=O)=O. The Kier molecular flexibility index (Phi) is 10.1. The van der Waals surface area contributed by atoms with E-state index in [1.54, 1.807) is 4.90 Å². The van der Waals surface area contributed by atoms with Crippen LogP contribution in [-0.4, -0.2) is 49.5 Å². The second-order valence-electron chi connectivity index (χ2n) is 10.5. The van der Waals surface area contributed by atoms with Gasteiger partial charge in [0, 0.05) is 25.0 Å². The van der Waals surface area contributed by atoms with Gasteiger partial charge in [-0.25, -0.2) is 8.42 Å². The van der Waals surface area contributed by atoms with Crippen molar-refractivity contribution in [3.8, 4) is 0 Å². The van der Waals surface area contributed by atoms with Crippen LogP contribution in [0.5, 0.6) is 0 Å². The van der Waals surface area contributed by atoms with Crippen molar-refractivity contribution >= 4 is 27.5 Å². The minimum atomic E-state index is -3.53. The van der Waals surface area contributed by atoms with Gasteiger partial charge in [0.25, 0.3) is 0 Å². The third-order valence-corrected chi connectivity index (χ3v) is 6.92. The third kappa shape index (κ3) is 8.97. The van der Waals surface area contributed by atoms with Crippen LogP contribution >= 0.6 is 0 Å². The number of sulfonamides is 1. The third-order valence-electron chi connectivity index (χ3n) is 5.73. The van der Waals surface area contributed by atoms with Gasteiger partial charge in [-0.05, 0) is 76.3 Å². The Labute approximate surface area is 216 Å². The molecule has 0 aliphatic rings. The molecule has 0 fully saturated rings. The molecule has 0 bridgehead atoms. The van der Waals surface area contributed by atoms with Gasteiger partial charge in [0.15, 0.2) is 0 Å². The normalized spacial score (nSPS) is 12.6. The van der Waals surface area contributed by atoms with Crippen molar-refractivity contribution in [1.82, 2.24) is 10.2 Å². The summed E-state index contributed by atoms with van der Waals surface area (Å²) in [4.78, 5) is 28.2. The van der Waals surface area contributed by atoms with Crippen LogP contribution in [0.25, 0.3) is 0 Å². The first-order valence-corrected chi connectivity index (χ1v) is 14.3. The van der Waals surface area contributed by atoms with Gasteiger partial charge in [-0.2, -0.15) is 0 Å². The lowest BCUT2D eigenvalue weighted by atomic mass is 10.0. The number of hydrogen-bond donors (Lipinski definition) is 1. The van der Waals surface area contributed by atoms with E-state index in [1.165, 1.54) is 10.6 Å². The average molecular weight is 516 g/mol. The molecule has 2 rings (SSSR count). The van der Waals surface area contributed by atoms with Crippen molar-refractivity contribution in [2.75, 3.05) is 17.1 Å². The summed E-state index contributed by atoms with van der Waals surface area (Å²) in [6.45, 7) is 12.0. The first kappa shape index (κ1) is 29.4. The van der Waals surface area contributed by atoms with Gasteiger partial charge in [0.1, 0.15) is 6.04 Å². The fraction of sp³-hybridized carbons (Fsp3) is 0.500. The Balaban J connectivity index is 2.23. The number of nitrogens with zero attached hydrogens (tertiary/aromatic N) is 2. The van der Waals surface area contributed by atoms with Crippen molar-refractivity contribution in [2.45, 2.75) is 78.9 Å². The van der Waals surface area contributed by atoms with E-state index in [0.717, 1.165) is 16.7 Å². The van der Waals surface area contributed by atoms with Gasteiger partial charge in [-0.1, -0.05) is 43.3 Å². The number of carbonyl (C=O) groups excluding carboxylic acids is 2. The number of hydrogen-bond acceptors (Lipinski definition) is 4. The van der Waals surface area contributed by atoms with Gasteiger partial charge in [-0.3, -0.25) is 13.9 Å². The minimum absolute atomic E-state index is 0.128. The summed E-state index contributed by atoms with van der Waals surface area (Å²) in [6.07, 6.45) is 2.11. The summed E-state index contributed by atoms with van der Waals surface area (Å²) in [6, 6.07) is 14.6. The molecule has 2 aromatic rings. The summed E-state index contributed by atoms with van der Waals surface area (Å²) >= 11 is 0. The molecule has 1 atom stereocenters.